The monoisotopic (exact) mass is 758 g/mol. The first-order valence-corrected chi connectivity index (χ1v) is 19.0. The van der Waals surface area contributed by atoms with E-state index in [1.165, 1.54) is 12.0 Å². The molecule has 4 aromatic carbocycles. The van der Waals surface area contributed by atoms with Crippen molar-refractivity contribution in [2.75, 3.05) is 20.3 Å². The van der Waals surface area contributed by atoms with E-state index in [1.54, 1.807) is 24.3 Å². The molecule has 1 saturated carbocycles. The Labute approximate surface area is 322 Å². The molecule has 5 aromatic rings. The van der Waals surface area contributed by atoms with Crippen LogP contribution in [-0.4, -0.2) is 87.9 Å². The van der Waals surface area contributed by atoms with Gasteiger partial charge in [0, 0.05) is 47.3 Å². The number of carbonyl (C=O) groups is 2. The first kappa shape index (κ1) is 36.1. The highest BCUT2D eigenvalue weighted by atomic mass is 16.7. The molecule has 56 heavy (non-hydrogen) atoms. The zero-order valence-corrected chi connectivity index (χ0v) is 30.8. The molecule has 2 fully saturated rings. The van der Waals surface area contributed by atoms with E-state index in [4.69, 9.17) is 23.7 Å². The summed E-state index contributed by atoms with van der Waals surface area (Å²) in [6, 6.07) is 18.4. The van der Waals surface area contributed by atoms with Gasteiger partial charge in [-0.3, -0.25) is 9.59 Å². The number of amides is 1. The largest absolute Gasteiger partial charge is 0.506 e. The number of carbonyl (C=O) groups excluding carboxylic acids is 2. The van der Waals surface area contributed by atoms with Crippen LogP contribution in [0.3, 0.4) is 0 Å². The molecule has 5 unspecified atom stereocenters. The number of benzene rings is 4. The highest BCUT2D eigenvalue weighted by Gasteiger charge is 2.48. The summed E-state index contributed by atoms with van der Waals surface area (Å²) < 4.78 is 30.3. The quantitative estimate of drug-likeness (QED) is 0.164. The van der Waals surface area contributed by atoms with E-state index in [2.05, 4.69) is 17.0 Å². The summed E-state index contributed by atoms with van der Waals surface area (Å²) in [5.74, 6) is 2.53. The summed E-state index contributed by atoms with van der Waals surface area (Å²) in [5.41, 5.74) is 4.79. The highest BCUT2D eigenvalue weighted by molar-refractivity contribution is 6.11. The summed E-state index contributed by atoms with van der Waals surface area (Å²) in [5, 5.41) is 37.3. The van der Waals surface area contributed by atoms with Gasteiger partial charge >= 0.3 is 0 Å². The van der Waals surface area contributed by atoms with Crippen LogP contribution in [-0.2, 0) is 33.8 Å². The summed E-state index contributed by atoms with van der Waals surface area (Å²) in [4.78, 5) is 32.9. The van der Waals surface area contributed by atoms with Crippen molar-refractivity contribution in [1.82, 2.24) is 9.88 Å². The summed E-state index contributed by atoms with van der Waals surface area (Å²) in [6.45, 7) is 0.0916. The molecule has 9 rings (SSSR count). The van der Waals surface area contributed by atoms with Crippen molar-refractivity contribution < 1.29 is 48.6 Å². The Morgan fingerprint density at radius 1 is 1.00 bits per heavy atom. The molecular formula is C44H42N2O10. The Hall–Kier alpha value is -5.58. The fourth-order valence-corrected chi connectivity index (χ4v) is 8.72. The van der Waals surface area contributed by atoms with Crippen LogP contribution in [0.5, 0.6) is 17.2 Å². The molecule has 5 atom stereocenters. The molecule has 4 N–H and O–H groups in total. The molecule has 1 aromatic heterocycles. The minimum atomic E-state index is -1.56. The van der Waals surface area contributed by atoms with Crippen LogP contribution in [0.1, 0.15) is 74.6 Å². The van der Waals surface area contributed by atoms with E-state index >= 15 is 0 Å². The fourth-order valence-electron chi connectivity index (χ4n) is 8.72. The number of ketones is 1. The third-order valence-corrected chi connectivity index (χ3v) is 11.6. The maximum Gasteiger partial charge on any atom is 0.254 e. The van der Waals surface area contributed by atoms with Gasteiger partial charge in [-0.2, -0.15) is 0 Å². The van der Waals surface area contributed by atoms with Crippen LogP contribution in [0.15, 0.2) is 66.9 Å². The summed E-state index contributed by atoms with van der Waals surface area (Å²) >= 11 is 0. The molecule has 1 aliphatic carbocycles. The number of fused-ring (bicyclic) bond motifs is 5. The zero-order valence-electron chi connectivity index (χ0n) is 30.8. The van der Waals surface area contributed by atoms with Crippen LogP contribution >= 0.6 is 0 Å². The Balaban J connectivity index is 1.13. The second-order valence-electron chi connectivity index (χ2n) is 15.0. The van der Waals surface area contributed by atoms with E-state index in [-0.39, 0.29) is 67.0 Å². The number of para-hydroxylation sites is 1. The number of methoxy groups -OCH3 is 1. The average Bonchev–Trinajstić information content (AvgIpc) is 3.96. The van der Waals surface area contributed by atoms with Gasteiger partial charge in [0.15, 0.2) is 18.0 Å². The third kappa shape index (κ3) is 6.40. The molecule has 1 amide bonds. The number of ether oxygens (including phenoxy) is 5. The number of nitrogens with one attached hydrogen (secondary N) is 1. The predicted molar refractivity (Wildman–Crippen MR) is 204 cm³/mol. The van der Waals surface area contributed by atoms with Crippen molar-refractivity contribution in [3.05, 3.63) is 100 Å². The standard InChI is InChI=1S/C44H42N2O10/c1-52-28-16-26-17-31(24-8-2-3-9-24)38-34(47)21-46-20-32-25(10-6-13-30(32)43(46)51)11-7-15-54-42-39(48)36(23-53-22-27-19-45-33-14-5-4-12-29(27)33)56-44(41(42)50)55-35(18-28)37(26)40(38)49/h4-6,10,12-14,16-19,24,36,39,41-42,44-45,48-50H,2-3,8-9,11,20-23H2,1H3. The second kappa shape index (κ2) is 14.8. The number of aromatic amines is 1. The number of hydrogen-bond acceptors (Lipinski definition) is 10. The van der Waals surface area contributed by atoms with Gasteiger partial charge < -0.3 is 48.9 Å². The number of Topliss-reactive ketones (excluding diaryl/α,β-unsaturated/α-hetero) is 1. The molecule has 4 heterocycles. The minimum Gasteiger partial charge on any atom is -0.506 e. The molecule has 1 saturated heterocycles. The molecule has 0 radical (unpaired) electrons. The van der Waals surface area contributed by atoms with Gasteiger partial charge in [0.2, 0.25) is 6.29 Å². The number of aromatic hydroxyl groups is 1. The maximum atomic E-state index is 14.4. The molecule has 4 aliphatic rings. The Bertz CT molecular complexity index is 2410. The first-order valence-electron chi connectivity index (χ1n) is 19.0. The normalized spacial score (nSPS) is 23.8. The number of rotatable bonds is 6. The zero-order chi connectivity index (χ0) is 38.5. The van der Waals surface area contributed by atoms with Gasteiger partial charge in [0.05, 0.1) is 37.8 Å². The number of phenolic OH excluding ortho intramolecular Hbond substituents is 1. The number of nitrogens with zero attached hydrogens (tertiary/aromatic N) is 1. The lowest BCUT2D eigenvalue weighted by Crippen LogP contribution is -2.60. The maximum absolute atomic E-state index is 14.4. The Morgan fingerprint density at radius 2 is 1.84 bits per heavy atom. The van der Waals surface area contributed by atoms with E-state index in [9.17, 15) is 24.9 Å². The summed E-state index contributed by atoms with van der Waals surface area (Å²) in [7, 11) is 1.51. The number of hydrogen-bond donors (Lipinski definition) is 4. The number of aliphatic hydroxyl groups excluding tert-OH is 2. The third-order valence-electron chi connectivity index (χ3n) is 11.6. The number of H-pyrrole nitrogens is 1. The van der Waals surface area contributed by atoms with Crippen molar-refractivity contribution in [3.8, 4) is 29.3 Å². The lowest BCUT2D eigenvalue weighted by atomic mass is 9.87. The van der Waals surface area contributed by atoms with Crippen LogP contribution in [0.4, 0.5) is 0 Å². The molecule has 3 aliphatic heterocycles. The van der Waals surface area contributed by atoms with Crippen LogP contribution in [0, 0.1) is 12.0 Å². The molecule has 0 spiro atoms. The van der Waals surface area contributed by atoms with Crippen molar-refractivity contribution in [1.29, 1.82) is 0 Å². The lowest BCUT2D eigenvalue weighted by molar-refractivity contribution is -0.279. The first-order chi connectivity index (χ1) is 27.3. The van der Waals surface area contributed by atoms with Crippen molar-refractivity contribution in [3.63, 3.8) is 0 Å². The second-order valence-corrected chi connectivity index (χ2v) is 15.0. The van der Waals surface area contributed by atoms with Gasteiger partial charge in [-0.15, -0.1) is 0 Å². The predicted octanol–water partition coefficient (Wildman–Crippen LogP) is 5.48. The van der Waals surface area contributed by atoms with Gasteiger partial charge in [0.1, 0.15) is 35.6 Å². The van der Waals surface area contributed by atoms with Gasteiger partial charge in [-0.05, 0) is 65.1 Å². The molecule has 12 nitrogen and oxygen atoms in total. The Kier molecular flexibility index (Phi) is 9.55. The van der Waals surface area contributed by atoms with Crippen molar-refractivity contribution >= 4 is 33.4 Å². The molecule has 12 heteroatoms. The number of aromatic nitrogens is 1. The minimum absolute atomic E-state index is 0.0299. The molecule has 288 valence electrons. The van der Waals surface area contributed by atoms with E-state index in [1.807, 2.05) is 42.6 Å². The van der Waals surface area contributed by atoms with Crippen LogP contribution in [0.2, 0.25) is 0 Å². The van der Waals surface area contributed by atoms with Crippen LogP contribution in [0.25, 0.3) is 21.7 Å². The average molecular weight is 759 g/mol. The lowest BCUT2D eigenvalue weighted by Gasteiger charge is -2.41. The number of phenols is 1. The smallest absolute Gasteiger partial charge is 0.254 e. The van der Waals surface area contributed by atoms with E-state index in [0.717, 1.165) is 53.3 Å². The SMILES string of the molecule is COc1cc2c3c(O)c(c(C4CCCC4)cc3c1)C(=O)CN1Cc3c(cccc3C1=O)CC#COC1C(O)C(COCc3c[nH]c4ccccc34)OC(O2)C1O. The van der Waals surface area contributed by atoms with E-state index in [0.29, 0.717) is 22.3 Å². The van der Waals surface area contributed by atoms with E-state index < -0.39 is 36.5 Å². The summed E-state index contributed by atoms with van der Waals surface area (Å²) in [6.07, 6.45) is 1.73. The molecule has 6 bridgehead atoms. The van der Waals surface area contributed by atoms with Gasteiger partial charge in [-0.1, -0.05) is 49.1 Å². The van der Waals surface area contributed by atoms with Gasteiger partial charge in [0.25, 0.3) is 5.91 Å². The topological polar surface area (TPSA) is 160 Å². The number of aliphatic hydroxyl groups is 2. The van der Waals surface area contributed by atoms with Crippen LogP contribution < -0.4 is 9.47 Å². The van der Waals surface area contributed by atoms with Crippen molar-refractivity contribution in [2.45, 2.75) is 81.9 Å². The Morgan fingerprint density at radius 3 is 2.68 bits per heavy atom. The fraction of sp³-hybridized carbons (Fsp3) is 0.364. The van der Waals surface area contributed by atoms with Gasteiger partial charge in [-0.25, -0.2) is 0 Å². The molecular weight excluding hydrogens is 716 g/mol. The highest BCUT2D eigenvalue weighted by Crippen LogP contribution is 2.47. The van der Waals surface area contributed by atoms with Crippen molar-refractivity contribution in [2.24, 2.45) is 0 Å².